The van der Waals surface area contributed by atoms with Crippen molar-refractivity contribution < 1.29 is 9.47 Å². The molecule has 1 N–H and O–H groups in total. The van der Waals surface area contributed by atoms with Crippen LogP contribution in [0.15, 0.2) is 42.5 Å². The predicted molar refractivity (Wildman–Crippen MR) is 111 cm³/mol. The fourth-order valence-corrected chi connectivity index (χ4v) is 4.37. The third-order valence-corrected chi connectivity index (χ3v) is 5.92. The van der Waals surface area contributed by atoms with Gasteiger partial charge in [-0.25, -0.2) is 4.98 Å². The number of benzene rings is 2. The van der Waals surface area contributed by atoms with Crippen molar-refractivity contribution in [3.63, 3.8) is 0 Å². The van der Waals surface area contributed by atoms with Crippen molar-refractivity contribution in [2.24, 2.45) is 0 Å². The van der Waals surface area contributed by atoms with E-state index < -0.39 is 0 Å². The Bertz CT molecular complexity index is 890. The molecule has 1 aliphatic heterocycles. The molecule has 1 aromatic heterocycles. The standard InChI is InChI=1S/C21H25N3O2S/c1-25-17-6-7-19-20(14-17)27-21(23-19)18-5-3-2-4-16(18)15-22-8-9-24-10-12-26-13-11-24/h2-7,14,22H,8-13,15H2,1H3. The quantitative estimate of drug-likeness (QED) is 0.634. The largest absolute Gasteiger partial charge is 0.497 e. The minimum atomic E-state index is 0.847. The number of aromatic nitrogens is 1. The topological polar surface area (TPSA) is 46.6 Å². The van der Waals surface area contributed by atoms with Gasteiger partial charge in [0.2, 0.25) is 0 Å². The van der Waals surface area contributed by atoms with Gasteiger partial charge in [0.05, 0.1) is 30.5 Å². The second kappa shape index (κ2) is 8.80. The highest BCUT2D eigenvalue weighted by atomic mass is 32.1. The van der Waals surface area contributed by atoms with Crippen molar-refractivity contribution in [2.45, 2.75) is 6.54 Å². The van der Waals surface area contributed by atoms with Crippen LogP contribution in [0.3, 0.4) is 0 Å². The molecule has 1 fully saturated rings. The van der Waals surface area contributed by atoms with Crippen LogP contribution in [0.5, 0.6) is 5.75 Å². The molecular weight excluding hydrogens is 358 g/mol. The minimum Gasteiger partial charge on any atom is -0.497 e. The zero-order valence-corrected chi connectivity index (χ0v) is 16.4. The van der Waals surface area contributed by atoms with Gasteiger partial charge in [0, 0.05) is 38.3 Å². The first-order valence-electron chi connectivity index (χ1n) is 9.37. The van der Waals surface area contributed by atoms with Gasteiger partial charge in [-0.1, -0.05) is 24.3 Å². The van der Waals surface area contributed by atoms with Crippen molar-refractivity contribution in [3.8, 4) is 16.3 Å². The molecule has 0 aliphatic carbocycles. The molecule has 0 radical (unpaired) electrons. The van der Waals surface area contributed by atoms with Gasteiger partial charge in [0.15, 0.2) is 0 Å². The summed E-state index contributed by atoms with van der Waals surface area (Å²) in [4.78, 5) is 7.28. The van der Waals surface area contributed by atoms with Crippen molar-refractivity contribution in [3.05, 3.63) is 48.0 Å². The van der Waals surface area contributed by atoms with E-state index in [2.05, 4.69) is 40.5 Å². The van der Waals surface area contributed by atoms with Gasteiger partial charge >= 0.3 is 0 Å². The number of ether oxygens (including phenoxy) is 2. The lowest BCUT2D eigenvalue weighted by Crippen LogP contribution is -2.40. The molecule has 0 saturated carbocycles. The molecule has 27 heavy (non-hydrogen) atoms. The van der Waals surface area contributed by atoms with Gasteiger partial charge in [0.1, 0.15) is 10.8 Å². The Morgan fingerprint density at radius 1 is 1.19 bits per heavy atom. The molecule has 6 heteroatoms. The Hall–Kier alpha value is -1.99. The van der Waals surface area contributed by atoms with Gasteiger partial charge in [-0.2, -0.15) is 0 Å². The van der Waals surface area contributed by atoms with Crippen molar-refractivity contribution in [1.29, 1.82) is 0 Å². The highest BCUT2D eigenvalue weighted by Crippen LogP contribution is 2.33. The Kier molecular flexibility index (Phi) is 5.99. The molecular formula is C21H25N3O2S. The predicted octanol–water partition coefficient (Wildman–Crippen LogP) is 3.39. The number of hydrogen-bond acceptors (Lipinski definition) is 6. The molecule has 4 rings (SSSR count). The number of nitrogens with one attached hydrogen (secondary N) is 1. The Morgan fingerprint density at radius 2 is 2.04 bits per heavy atom. The maximum atomic E-state index is 5.40. The number of nitrogens with zero attached hydrogens (tertiary/aromatic N) is 2. The summed E-state index contributed by atoms with van der Waals surface area (Å²) < 4.78 is 11.9. The number of hydrogen-bond donors (Lipinski definition) is 1. The Balaban J connectivity index is 1.44. The van der Waals surface area contributed by atoms with E-state index in [0.717, 1.165) is 66.9 Å². The molecule has 1 saturated heterocycles. The lowest BCUT2D eigenvalue weighted by Gasteiger charge is -2.26. The van der Waals surface area contributed by atoms with Crippen LogP contribution in [0.25, 0.3) is 20.8 Å². The van der Waals surface area contributed by atoms with Crippen molar-refractivity contribution in [2.75, 3.05) is 46.5 Å². The van der Waals surface area contributed by atoms with Gasteiger partial charge in [-0.15, -0.1) is 11.3 Å². The fraction of sp³-hybridized carbons (Fsp3) is 0.381. The molecule has 0 unspecified atom stereocenters. The number of fused-ring (bicyclic) bond motifs is 1. The second-order valence-electron chi connectivity index (χ2n) is 6.64. The number of rotatable bonds is 7. The van der Waals surface area contributed by atoms with E-state index in [-0.39, 0.29) is 0 Å². The maximum absolute atomic E-state index is 5.40. The van der Waals surface area contributed by atoms with Gasteiger partial charge < -0.3 is 14.8 Å². The van der Waals surface area contributed by atoms with Crippen LogP contribution in [0, 0.1) is 0 Å². The van der Waals surface area contributed by atoms with E-state index in [0.29, 0.717) is 0 Å². The summed E-state index contributed by atoms with van der Waals surface area (Å²) in [6.07, 6.45) is 0. The molecule has 1 aliphatic rings. The molecule has 2 heterocycles. The van der Waals surface area contributed by atoms with Crippen LogP contribution in [0.2, 0.25) is 0 Å². The van der Waals surface area contributed by atoms with Crippen LogP contribution < -0.4 is 10.1 Å². The van der Waals surface area contributed by atoms with E-state index in [1.807, 2.05) is 12.1 Å². The lowest BCUT2D eigenvalue weighted by atomic mass is 10.1. The summed E-state index contributed by atoms with van der Waals surface area (Å²) in [5.41, 5.74) is 3.51. The highest BCUT2D eigenvalue weighted by molar-refractivity contribution is 7.21. The first kappa shape index (κ1) is 18.4. The summed E-state index contributed by atoms with van der Waals surface area (Å²) >= 11 is 1.72. The van der Waals surface area contributed by atoms with Crippen LogP contribution in [0.1, 0.15) is 5.56 Å². The zero-order chi connectivity index (χ0) is 18.5. The molecule has 3 aromatic rings. The third kappa shape index (κ3) is 4.47. The molecule has 142 valence electrons. The number of thiazole rings is 1. The van der Waals surface area contributed by atoms with Crippen LogP contribution in [0.4, 0.5) is 0 Å². The first-order valence-corrected chi connectivity index (χ1v) is 10.2. The lowest BCUT2D eigenvalue weighted by molar-refractivity contribution is 0.0384. The summed E-state index contributed by atoms with van der Waals surface area (Å²) in [7, 11) is 1.70. The van der Waals surface area contributed by atoms with Crippen LogP contribution in [-0.2, 0) is 11.3 Å². The average molecular weight is 384 g/mol. The highest BCUT2D eigenvalue weighted by Gasteiger charge is 2.12. The fourth-order valence-electron chi connectivity index (χ4n) is 3.32. The van der Waals surface area contributed by atoms with Gasteiger partial charge in [-0.05, 0) is 23.8 Å². The molecule has 5 nitrogen and oxygen atoms in total. The summed E-state index contributed by atoms with van der Waals surface area (Å²) in [6, 6.07) is 14.6. The van der Waals surface area contributed by atoms with E-state index in [1.54, 1.807) is 18.4 Å². The van der Waals surface area contributed by atoms with E-state index in [4.69, 9.17) is 14.5 Å². The smallest absolute Gasteiger partial charge is 0.124 e. The number of morpholine rings is 1. The van der Waals surface area contributed by atoms with Crippen LogP contribution >= 0.6 is 11.3 Å². The van der Waals surface area contributed by atoms with Crippen molar-refractivity contribution in [1.82, 2.24) is 15.2 Å². The first-order chi connectivity index (χ1) is 13.3. The maximum Gasteiger partial charge on any atom is 0.124 e. The summed E-state index contributed by atoms with van der Waals surface area (Å²) in [5.74, 6) is 0.871. The summed E-state index contributed by atoms with van der Waals surface area (Å²) in [5, 5.41) is 4.64. The second-order valence-corrected chi connectivity index (χ2v) is 7.67. The Labute approximate surface area is 163 Å². The van der Waals surface area contributed by atoms with Crippen molar-refractivity contribution >= 4 is 21.6 Å². The number of methoxy groups -OCH3 is 1. The molecule has 0 bridgehead atoms. The average Bonchev–Trinajstić information content (AvgIpc) is 3.15. The monoisotopic (exact) mass is 383 g/mol. The Morgan fingerprint density at radius 3 is 2.89 bits per heavy atom. The van der Waals surface area contributed by atoms with Gasteiger partial charge in [0.25, 0.3) is 0 Å². The van der Waals surface area contributed by atoms with E-state index in [1.165, 1.54) is 11.1 Å². The SMILES string of the molecule is COc1ccc2nc(-c3ccccc3CNCCN3CCOCC3)sc2c1. The zero-order valence-electron chi connectivity index (χ0n) is 15.6. The molecule has 0 spiro atoms. The third-order valence-electron chi connectivity index (χ3n) is 4.87. The minimum absolute atomic E-state index is 0.847. The normalized spacial score (nSPS) is 15.3. The molecule has 0 atom stereocenters. The van der Waals surface area contributed by atoms with Crippen LogP contribution in [-0.4, -0.2) is 56.4 Å². The molecule has 0 amide bonds. The van der Waals surface area contributed by atoms with Gasteiger partial charge in [-0.3, -0.25) is 4.90 Å². The molecule has 2 aromatic carbocycles. The van der Waals surface area contributed by atoms with E-state index >= 15 is 0 Å². The summed E-state index contributed by atoms with van der Waals surface area (Å²) in [6.45, 7) is 6.66. The van der Waals surface area contributed by atoms with E-state index in [9.17, 15) is 0 Å².